The number of primary amides is 1. The molecule has 1 heterocycles. The van der Waals surface area contributed by atoms with Crippen LogP contribution in [-0.4, -0.2) is 47.8 Å². The van der Waals surface area contributed by atoms with Gasteiger partial charge in [-0.25, -0.2) is 0 Å². The van der Waals surface area contributed by atoms with E-state index >= 15 is 0 Å². The van der Waals surface area contributed by atoms with Crippen molar-refractivity contribution in [3.63, 3.8) is 0 Å². The number of nitrogens with zero attached hydrogens (tertiary/aromatic N) is 2. The van der Waals surface area contributed by atoms with Crippen molar-refractivity contribution in [3.05, 3.63) is 83.4 Å². The molecular formula is C23H23N3O2. The molecule has 4 rings (SSSR count). The summed E-state index contributed by atoms with van der Waals surface area (Å²) >= 11 is 0. The molecule has 3 aromatic carbocycles. The number of nitrogens with two attached hydrogens (primary N) is 1. The lowest BCUT2D eigenvalue weighted by Crippen LogP contribution is -2.48. The van der Waals surface area contributed by atoms with E-state index in [0.717, 1.165) is 19.6 Å². The largest absolute Gasteiger partial charge is 0.366 e. The molecule has 0 aromatic heterocycles. The zero-order chi connectivity index (χ0) is 19.5. The minimum atomic E-state index is -0.485. The quantitative estimate of drug-likeness (QED) is 0.765. The summed E-state index contributed by atoms with van der Waals surface area (Å²) in [6, 6.07) is 21.4. The normalized spacial score (nSPS) is 14.9. The SMILES string of the molecule is NC(=O)c1ccc(C(=O)N2CCN(Cc3cccc4ccccc34)CC2)cc1. The van der Waals surface area contributed by atoms with Crippen molar-refractivity contribution in [2.24, 2.45) is 5.73 Å². The molecule has 0 radical (unpaired) electrons. The fourth-order valence-corrected chi connectivity index (χ4v) is 3.74. The van der Waals surface area contributed by atoms with Crippen LogP contribution in [0, 0.1) is 0 Å². The van der Waals surface area contributed by atoms with Crippen LogP contribution in [0.15, 0.2) is 66.7 Å². The number of hydrogen-bond donors (Lipinski definition) is 1. The molecule has 2 amide bonds. The minimum Gasteiger partial charge on any atom is -0.366 e. The zero-order valence-corrected chi connectivity index (χ0v) is 15.7. The van der Waals surface area contributed by atoms with Gasteiger partial charge in [-0.3, -0.25) is 14.5 Å². The molecule has 1 saturated heterocycles. The second kappa shape index (κ2) is 7.82. The Labute approximate surface area is 164 Å². The molecular weight excluding hydrogens is 350 g/mol. The summed E-state index contributed by atoms with van der Waals surface area (Å²) in [7, 11) is 0. The van der Waals surface area contributed by atoms with Gasteiger partial charge >= 0.3 is 0 Å². The monoisotopic (exact) mass is 373 g/mol. The molecule has 0 spiro atoms. The van der Waals surface area contributed by atoms with Crippen LogP contribution >= 0.6 is 0 Å². The first-order chi connectivity index (χ1) is 13.6. The van der Waals surface area contributed by atoms with E-state index in [0.29, 0.717) is 24.2 Å². The molecule has 3 aromatic rings. The van der Waals surface area contributed by atoms with Crippen molar-refractivity contribution in [2.45, 2.75) is 6.54 Å². The van der Waals surface area contributed by atoms with E-state index in [1.165, 1.54) is 16.3 Å². The van der Waals surface area contributed by atoms with Gasteiger partial charge in [0, 0.05) is 43.9 Å². The standard InChI is InChI=1S/C23H23N3O2/c24-22(27)18-8-10-19(11-9-18)23(28)26-14-12-25(13-15-26)16-20-6-3-5-17-4-1-2-7-21(17)20/h1-11H,12-16H2,(H2,24,27). The Hall–Kier alpha value is -3.18. The molecule has 1 fully saturated rings. The van der Waals surface area contributed by atoms with Gasteiger partial charge < -0.3 is 10.6 Å². The Morgan fingerprint density at radius 2 is 1.43 bits per heavy atom. The van der Waals surface area contributed by atoms with Gasteiger partial charge in [-0.15, -0.1) is 0 Å². The van der Waals surface area contributed by atoms with Crippen molar-refractivity contribution < 1.29 is 9.59 Å². The summed E-state index contributed by atoms with van der Waals surface area (Å²) < 4.78 is 0. The van der Waals surface area contributed by atoms with E-state index in [2.05, 4.69) is 47.4 Å². The van der Waals surface area contributed by atoms with Gasteiger partial charge in [0.25, 0.3) is 5.91 Å². The topological polar surface area (TPSA) is 66.6 Å². The van der Waals surface area contributed by atoms with Gasteiger partial charge in [-0.2, -0.15) is 0 Å². The molecule has 0 aliphatic carbocycles. The third-order valence-corrected chi connectivity index (χ3v) is 5.35. The smallest absolute Gasteiger partial charge is 0.253 e. The third kappa shape index (κ3) is 3.75. The van der Waals surface area contributed by atoms with Crippen molar-refractivity contribution >= 4 is 22.6 Å². The third-order valence-electron chi connectivity index (χ3n) is 5.35. The van der Waals surface area contributed by atoms with Crippen molar-refractivity contribution in [3.8, 4) is 0 Å². The van der Waals surface area contributed by atoms with Crippen LogP contribution in [0.3, 0.4) is 0 Å². The maximum atomic E-state index is 12.7. The highest BCUT2D eigenvalue weighted by Crippen LogP contribution is 2.21. The summed E-state index contributed by atoms with van der Waals surface area (Å²) in [5.74, 6) is -0.484. The van der Waals surface area contributed by atoms with Crippen LogP contribution < -0.4 is 5.73 Å². The van der Waals surface area contributed by atoms with Crippen LogP contribution in [0.25, 0.3) is 10.8 Å². The Morgan fingerprint density at radius 1 is 0.786 bits per heavy atom. The summed E-state index contributed by atoms with van der Waals surface area (Å²) in [4.78, 5) is 28.1. The molecule has 1 aliphatic heterocycles. The van der Waals surface area contributed by atoms with E-state index in [1.807, 2.05) is 4.90 Å². The van der Waals surface area contributed by atoms with Crippen LogP contribution in [0.2, 0.25) is 0 Å². The summed E-state index contributed by atoms with van der Waals surface area (Å²) in [6.07, 6.45) is 0. The number of hydrogen-bond acceptors (Lipinski definition) is 3. The van der Waals surface area contributed by atoms with E-state index in [-0.39, 0.29) is 5.91 Å². The lowest BCUT2D eigenvalue weighted by molar-refractivity contribution is 0.0628. The highest BCUT2D eigenvalue weighted by Gasteiger charge is 2.22. The molecule has 142 valence electrons. The van der Waals surface area contributed by atoms with Gasteiger partial charge in [0.1, 0.15) is 0 Å². The van der Waals surface area contributed by atoms with Crippen LogP contribution in [0.1, 0.15) is 26.3 Å². The fraction of sp³-hybridized carbons (Fsp3) is 0.217. The van der Waals surface area contributed by atoms with E-state index in [4.69, 9.17) is 5.73 Å². The van der Waals surface area contributed by atoms with Crippen molar-refractivity contribution in [2.75, 3.05) is 26.2 Å². The van der Waals surface area contributed by atoms with E-state index in [9.17, 15) is 9.59 Å². The number of rotatable bonds is 4. The number of piperazine rings is 1. The zero-order valence-electron chi connectivity index (χ0n) is 15.7. The maximum absolute atomic E-state index is 12.7. The highest BCUT2D eigenvalue weighted by molar-refractivity contribution is 5.97. The van der Waals surface area contributed by atoms with Gasteiger partial charge in [-0.1, -0.05) is 42.5 Å². The number of benzene rings is 3. The molecule has 0 unspecified atom stereocenters. The second-order valence-corrected chi connectivity index (χ2v) is 7.15. The second-order valence-electron chi connectivity index (χ2n) is 7.15. The number of carbonyl (C=O) groups excluding carboxylic acids is 2. The molecule has 0 atom stereocenters. The van der Waals surface area contributed by atoms with Crippen LogP contribution in [-0.2, 0) is 6.54 Å². The van der Waals surface area contributed by atoms with Crippen LogP contribution in [0.4, 0.5) is 0 Å². The molecule has 5 nitrogen and oxygen atoms in total. The van der Waals surface area contributed by atoms with Crippen LogP contribution in [0.5, 0.6) is 0 Å². The van der Waals surface area contributed by atoms with E-state index in [1.54, 1.807) is 24.3 Å². The van der Waals surface area contributed by atoms with Gasteiger partial charge in [0.2, 0.25) is 5.91 Å². The Balaban J connectivity index is 1.39. The number of amides is 2. The minimum absolute atomic E-state index is 0.000770. The predicted octanol–water partition coefficient (Wildman–Crippen LogP) is 2.90. The van der Waals surface area contributed by atoms with Gasteiger partial charge in [-0.05, 0) is 40.6 Å². The van der Waals surface area contributed by atoms with E-state index < -0.39 is 5.91 Å². The number of carbonyl (C=O) groups is 2. The molecule has 0 saturated carbocycles. The lowest BCUT2D eigenvalue weighted by atomic mass is 10.0. The highest BCUT2D eigenvalue weighted by atomic mass is 16.2. The first kappa shape index (κ1) is 18.2. The molecule has 2 N–H and O–H groups in total. The summed E-state index contributed by atoms with van der Waals surface area (Å²) in [5.41, 5.74) is 7.58. The average molecular weight is 373 g/mol. The Kier molecular flexibility index (Phi) is 5.08. The lowest BCUT2D eigenvalue weighted by Gasteiger charge is -2.35. The molecule has 5 heteroatoms. The average Bonchev–Trinajstić information content (AvgIpc) is 2.74. The van der Waals surface area contributed by atoms with Gasteiger partial charge in [0.05, 0.1) is 0 Å². The first-order valence-corrected chi connectivity index (χ1v) is 9.50. The number of fused-ring (bicyclic) bond motifs is 1. The fourth-order valence-electron chi connectivity index (χ4n) is 3.74. The summed E-state index contributed by atoms with van der Waals surface area (Å²) in [5, 5.41) is 2.55. The van der Waals surface area contributed by atoms with Crippen molar-refractivity contribution in [1.82, 2.24) is 9.80 Å². The van der Waals surface area contributed by atoms with Gasteiger partial charge in [0.15, 0.2) is 0 Å². The predicted molar refractivity (Wildman–Crippen MR) is 110 cm³/mol. The Morgan fingerprint density at radius 3 is 2.14 bits per heavy atom. The molecule has 1 aliphatic rings. The molecule has 28 heavy (non-hydrogen) atoms. The molecule has 0 bridgehead atoms. The first-order valence-electron chi connectivity index (χ1n) is 9.50. The Bertz CT molecular complexity index is 1000. The maximum Gasteiger partial charge on any atom is 0.253 e. The summed E-state index contributed by atoms with van der Waals surface area (Å²) in [6.45, 7) is 3.96. The van der Waals surface area contributed by atoms with Crippen molar-refractivity contribution in [1.29, 1.82) is 0 Å².